The number of rotatable bonds is 4. The summed E-state index contributed by atoms with van der Waals surface area (Å²) in [6.07, 6.45) is 6.77. The molecule has 0 heterocycles. The summed E-state index contributed by atoms with van der Waals surface area (Å²) < 4.78 is 0. The SMILES string of the molecule is C/C=C(\C=C/N)CC(C)C.CC.CC.Cc1cccc(-c2ccccc2)c1. The van der Waals surface area contributed by atoms with Crippen LogP contribution in [0.1, 0.15) is 60.5 Å². The Balaban J connectivity index is 0. The highest BCUT2D eigenvalue weighted by Crippen LogP contribution is 2.19. The van der Waals surface area contributed by atoms with Crippen LogP contribution >= 0.6 is 0 Å². The Morgan fingerprint density at radius 1 is 0.889 bits per heavy atom. The molecule has 1 nitrogen and oxygen atoms in total. The number of aryl methyl sites for hydroxylation is 1. The van der Waals surface area contributed by atoms with E-state index in [1.54, 1.807) is 6.20 Å². The van der Waals surface area contributed by atoms with E-state index in [0.29, 0.717) is 5.92 Å². The second-order valence-electron chi connectivity index (χ2n) is 6.06. The first kappa shape index (κ1) is 26.9. The van der Waals surface area contributed by atoms with Crippen molar-refractivity contribution in [2.45, 2.75) is 61.8 Å². The van der Waals surface area contributed by atoms with Crippen LogP contribution in [0.4, 0.5) is 0 Å². The number of hydrogen-bond acceptors (Lipinski definition) is 1. The topological polar surface area (TPSA) is 26.0 Å². The summed E-state index contributed by atoms with van der Waals surface area (Å²) in [7, 11) is 0. The van der Waals surface area contributed by atoms with E-state index in [-0.39, 0.29) is 0 Å². The Hall–Kier alpha value is -2.28. The average Bonchev–Trinajstić information content (AvgIpc) is 2.71. The van der Waals surface area contributed by atoms with Gasteiger partial charge >= 0.3 is 0 Å². The van der Waals surface area contributed by atoms with Gasteiger partial charge < -0.3 is 5.73 Å². The minimum atomic E-state index is 0.711. The van der Waals surface area contributed by atoms with Crippen LogP contribution in [0, 0.1) is 12.8 Å². The first-order chi connectivity index (χ1) is 13.1. The highest BCUT2D eigenvalue weighted by Gasteiger charge is 1.95. The summed E-state index contributed by atoms with van der Waals surface area (Å²) in [5, 5.41) is 0. The molecule has 0 unspecified atom stereocenters. The maximum absolute atomic E-state index is 5.26. The van der Waals surface area contributed by atoms with Gasteiger partial charge in [-0.2, -0.15) is 0 Å². The molecule has 0 aliphatic rings. The second kappa shape index (κ2) is 18.5. The Kier molecular flexibility index (Phi) is 18.5. The largest absolute Gasteiger partial charge is 0.405 e. The van der Waals surface area contributed by atoms with Crippen molar-refractivity contribution in [1.29, 1.82) is 0 Å². The molecule has 0 aliphatic carbocycles. The van der Waals surface area contributed by atoms with Gasteiger partial charge in [-0.3, -0.25) is 0 Å². The molecule has 0 saturated heterocycles. The van der Waals surface area contributed by atoms with Crippen LogP contribution in [0.15, 0.2) is 78.5 Å². The quantitative estimate of drug-likeness (QED) is 0.542. The summed E-state index contributed by atoms with van der Waals surface area (Å²) in [5.41, 5.74) is 10.5. The van der Waals surface area contributed by atoms with Gasteiger partial charge in [-0.15, -0.1) is 0 Å². The van der Waals surface area contributed by atoms with Crippen molar-refractivity contribution < 1.29 is 0 Å². The zero-order valence-corrected chi connectivity index (χ0v) is 18.8. The maximum Gasteiger partial charge on any atom is -0.00597 e. The first-order valence-electron chi connectivity index (χ1n) is 10.2. The summed E-state index contributed by atoms with van der Waals surface area (Å²) in [4.78, 5) is 0. The molecule has 27 heavy (non-hydrogen) atoms. The summed E-state index contributed by atoms with van der Waals surface area (Å²) in [6, 6.07) is 19.0. The lowest BCUT2D eigenvalue weighted by molar-refractivity contribution is 0.649. The summed E-state index contributed by atoms with van der Waals surface area (Å²) in [5.74, 6) is 0.711. The molecule has 0 radical (unpaired) electrons. The van der Waals surface area contributed by atoms with Crippen LogP contribution in [0.3, 0.4) is 0 Å². The standard InChI is InChI=1S/C13H12.C9H17N.2C2H6/c1-11-6-5-9-13(10-11)12-7-3-2-4-8-12;1-4-9(5-6-10)7-8(2)3;2*1-2/h2-10H,1H3;4-6,8H,7,10H2,1-3H3;2*1-2H3/b;6-5-,9-4+;;. The highest BCUT2D eigenvalue weighted by molar-refractivity contribution is 5.63. The van der Waals surface area contributed by atoms with Gasteiger partial charge in [0.2, 0.25) is 0 Å². The van der Waals surface area contributed by atoms with Crippen molar-refractivity contribution in [3.8, 4) is 11.1 Å². The first-order valence-corrected chi connectivity index (χ1v) is 10.2. The lowest BCUT2D eigenvalue weighted by atomic mass is 10.0. The summed E-state index contributed by atoms with van der Waals surface area (Å²) >= 11 is 0. The van der Waals surface area contributed by atoms with Crippen LogP contribution in [-0.2, 0) is 0 Å². The fourth-order valence-corrected chi connectivity index (χ4v) is 2.33. The van der Waals surface area contributed by atoms with Gasteiger partial charge in [0, 0.05) is 0 Å². The molecule has 0 spiro atoms. The van der Waals surface area contributed by atoms with Crippen LogP contribution in [0.25, 0.3) is 11.1 Å². The lowest BCUT2D eigenvalue weighted by Gasteiger charge is -2.03. The third-order valence-electron chi connectivity index (χ3n) is 3.45. The van der Waals surface area contributed by atoms with Gasteiger partial charge in [-0.1, -0.05) is 113 Å². The number of nitrogens with two attached hydrogens (primary N) is 1. The molecule has 0 bridgehead atoms. The predicted octanol–water partition coefficient (Wildman–Crippen LogP) is 8.17. The molecular formula is C26H41N. The van der Waals surface area contributed by atoms with Crippen molar-refractivity contribution in [2.75, 3.05) is 0 Å². The van der Waals surface area contributed by atoms with Crippen LogP contribution in [-0.4, -0.2) is 0 Å². The molecule has 0 atom stereocenters. The molecule has 0 aliphatic heterocycles. The Bertz CT molecular complexity index is 622. The van der Waals surface area contributed by atoms with Crippen LogP contribution < -0.4 is 5.73 Å². The average molecular weight is 368 g/mol. The fourth-order valence-electron chi connectivity index (χ4n) is 2.33. The molecule has 2 rings (SSSR count). The maximum atomic E-state index is 5.26. The van der Waals surface area contributed by atoms with Crippen molar-refractivity contribution in [3.05, 3.63) is 84.1 Å². The van der Waals surface area contributed by atoms with E-state index in [9.17, 15) is 0 Å². The van der Waals surface area contributed by atoms with Crippen LogP contribution in [0.5, 0.6) is 0 Å². The predicted molar refractivity (Wildman–Crippen MR) is 126 cm³/mol. The van der Waals surface area contributed by atoms with Crippen molar-refractivity contribution >= 4 is 0 Å². The number of benzene rings is 2. The van der Waals surface area contributed by atoms with Gasteiger partial charge in [0.15, 0.2) is 0 Å². The van der Waals surface area contributed by atoms with E-state index in [0.717, 1.165) is 6.42 Å². The fraction of sp³-hybridized carbons (Fsp3) is 0.385. The van der Waals surface area contributed by atoms with Crippen LogP contribution in [0.2, 0.25) is 0 Å². The molecule has 150 valence electrons. The minimum Gasteiger partial charge on any atom is -0.405 e. The van der Waals surface area contributed by atoms with Gasteiger partial charge in [0.1, 0.15) is 0 Å². The van der Waals surface area contributed by atoms with Gasteiger partial charge in [-0.05, 0) is 49.6 Å². The van der Waals surface area contributed by atoms with E-state index in [1.165, 1.54) is 22.3 Å². The Morgan fingerprint density at radius 2 is 1.44 bits per heavy atom. The minimum absolute atomic E-state index is 0.711. The van der Waals surface area contributed by atoms with E-state index < -0.39 is 0 Å². The van der Waals surface area contributed by atoms with Gasteiger partial charge in [-0.25, -0.2) is 0 Å². The molecule has 0 fully saturated rings. The van der Waals surface area contributed by atoms with Crippen molar-refractivity contribution in [1.82, 2.24) is 0 Å². The van der Waals surface area contributed by atoms with Crippen molar-refractivity contribution in [2.24, 2.45) is 11.7 Å². The van der Waals surface area contributed by atoms with E-state index >= 15 is 0 Å². The van der Waals surface area contributed by atoms with Gasteiger partial charge in [0.05, 0.1) is 0 Å². The smallest absolute Gasteiger partial charge is 0.00597 e. The third kappa shape index (κ3) is 13.6. The lowest BCUT2D eigenvalue weighted by Crippen LogP contribution is -1.89. The Morgan fingerprint density at radius 3 is 1.89 bits per heavy atom. The molecule has 0 aromatic heterocycles. The molecule has 0 saturated carbocycles. The molecule has 1 heteroatoms. The Labute approximate surface area is 169 Å². The molecular weight excluding hydrogens is 326 g/mol. The van der Waals surface area contributed by atoms with E-state index in [2.05, 4.69) is 75.4 Å². The molecule has 2 N–H and O–H groups in total. The molecule has 2 aromatic carbocycles. The molecule has 2 aromatic rings. The third-order valence-corrected chi connectivity index (χ3v) is 3.45. The van der Waals surface area contributed by atoms with Gasteiger partial charge in [0.25, 0.3) is 0 Å². The van der Waals surface area contributed by atoms with E-state index in [1.807, 2.05) is 46.8 Å². The number of allylic oxidation sites excluding steroid dienone is 3. The monoisotopic (exact) mass is 367 g/mol. The molecule has 0 amide bonds. The zero-order valence-electron chi connectivity index (χ0n) is 18.8. The second-order valence-corrected chi connectivity index (χ2v) is 6.06. The summed E-state index contributed by atoms with van der Waals surface area (Å²) in [6.45, 7) is 16.6. The number of hydrogen-bond donors (Lipinski definition) is 1. The normalized spacial score (nSPS) is 10.2. The van der Waals surface area contributed by atoms with E-state index in [4.69, 9.17) is 5.73 Å². The highest BCUT2D eigenvalue weighted by atomic mass is 14.5. The van der Waals surface area contributed by atoms with Crippen molar-refractivity contribution in [3.63, 3.8) is 0 Å². The zero-order chi connectivity index (χ0) is 21.1.